The number of nitrogens with one attached hydrogen (secondary N) is 1. The summed E-state index contributed by atoms with van der Waals surface area (Å²) < 4.78 is 13.9. The number of ether oxygens (including phenoxy) is 1. The van der Waals surface area contributed by atoms with Crippen LogP contribution in [0.1, 0.15) is 57.5 Å². The maximum Gasteiger partial charge on any atom is 0.339 e. The molecule has 47 heavy (non-hydrogen) atoms. The molecule has 0 bridgehead atoms. The van der Waals surface area contributed by atoms with Gasteiger partial charge in [-0.3, -0.25) is 14.6 Å². The molecular weight excluding hydrogens is 707 g/mol. The highest BCUT2D eigenvalue weighted by Gasteiger charge is 2.52. The number of aromatic nitrogens is 2. The Hall–Kier alpha value is -2.81. The molecule has 0 fully saturated rings. The zero-order valence-corrected chi connectivity index (χ0v) is 34.8. The second-order valence-electron chi connectivity index (χ2n) is 16.8. The van der Waals surface area contributed by atoms with Gasteiger partial charge in [-0.05, 0) is 75.5 Å². The molecule has 0 aliphatic carbocycles. The van der Waals surface area contributed by atoms with E-state index in [1.165, 1.54) is 10.8 Å². The fraction of sp³-hybridized carbons (Fsp3) is 0.486. The number of carbonyl (C=O) groups is 3. The minimum Gasteiger partial charge on any atom is -0.543 e. The lowest BCUT2D eigenvalue weighted by Gasteiger charge is -2.42. The minimum absolute atomic E-state index is 0.0152. The molecule has 2 aromatic heterocycles. The number of aromatic amines is 1. The van der Waals surface area contributed by atoms with Crippen LogP contribution in [0.5, 0.6) is 5.75 Å². The van der Waals surface area contributed by atoms with E-state index in [9.17, 15) is 14.4 Å². The summed E-state index contributed by atoms with van der Waals surface area (Å²) in [4.78, 5) is 49.2. The van der Waals surface area contributed by atoms with Crippen molar-refractivity contribution in [2.24, 2.45) is 0 Å². The van der Waals surface area contributed by atoms with Crippen LogP contribution in [0.3, 0.4) is 0 Å². The Labute approximate surface area is 291 Å². The van der Waals surface area contributed by atoms with Gasteiger partial charge in [-0.1, -0.05) is 74.3 Å². The predicted octanol–water partition coefficient (Wildman–Crippen LogP) is 9.59. The number of halogens is 1. The van der Waals surface area contributed by atoms with Gasteiger partial charge in [0.2, 0.25) is 8.32 Å². The number of benzene rings is 1. The van der Waals surface area contributed by atoms with Crippen LogP contribution in [0.2, 0.25) is 61.9 Å². The Kier molecular flexibility index (Phi) is 9.90. The van der Waals surface area contributed by atoms with Crippen molar-refractivity contribution in [1.29, 1.82) is 0 Å². The first-order valence-corrected chi connectivity index (χ1v) is 26.5. The third-order valence-corrected chi connectivity index (χ3v) is 22.0. The highest BCUT2D eigenvalue weighted by atomic mass is 79.9. The largest absolute Gasteiger partial charge is 0.543 e. The van der Waals surface area contributed by atoms with Gasteiger partial charge in [-0.25, -0.2) is 4.79 Å². The molecule has 0 radical (unpaired) electrons. The van der Waals surface area contributed by atoms with Gasteiger partial charge in [0.05, 0.1) is 33.6 Å². The van der Waals surface area contributed by atoms with E-state index in [0.29, 0.717) is 40.4 Å². The molecule has 1 aliphatic rings. The number of fused-ring (bicyclic) bond motifs is 1. The summed E-state index contributed by atoms with van der Waals surface area (Å²) in [7, 11) is -6.13. The molecule has 2 amide bonds. The van der Waals surface area contributed by atoms with Crippen molar-refractivity contribution >= 4 is 74.8 Å². The van der Waals surface area contributed by atoms with E-state index in [4.69, 9.17) is 9.16 Å². The summed E-state index contributed by atoms with van der Waals surface area (Å²) in [5.41, 5.74) is 3.10. The molecule has 3 aromatic rings. The number of imide groups is 1. The molecule has 1 aliphatic heterocycles. The van der Waals surface area contributed by atoms with Crippen LogP contribution in [0.25, 0.3) is 27.9 Å². The first kappa shape index (κ1) is 37.0. The van der Waals surface area contributed by atoms with Crippen LogP contribution in [0.4, 0.5) is 0 Å². The Bertz CT molecular complexity index is 1760. The lowest BCUT2D eigenvalue weighted by molar-refractivity contribution is -0.131. The average molecular weight is 757 g/mol. The molecule has 3 heterocycles. The normalized spacial score (nSPS) is 15.2. The van der Waals surface area contributed by atoms with E-state index < -0.39 is 30.6 Å². The molecular formula is C35H50BrN3O5Si3. The number of hydrogen-bond acceptors (Lipinski definition) is 6. The van der Waals surface area contributed by atoms with Gasteiger partial charge in [0.15, 0.2) is 8.24 Å². The SMILES string of the molecule is CC(C)(C)[Si](C)(C)Oc1ccc2[nH]c(-c3ccc(C(=O)OCC[Si](C)(C)C)cn3)c(C3=C(Br)C(=O)N([Si](C)(C)C(C)(C)C)C3=O)c2c1. The number of esters is 1. The second kappa shape index (κ2) is 12.6. The topological polar surface area (TPSA) is 102 Å². The van der Waals surface area contributed by atoms with Crippen LogP contribution in [-0.2, 0) is 14.3 Å². The van der Waals surface area contributed by atoms with Crippen molar-refractivity contribution in [3.05, 3.63) is 52.1 Å². The molecule has 254 valence electrons. The quantitative estimate of drug-likeness (QED) is 0.133. The molecule has 0 atom stereocenters. The number of nitrogens with zero attached hydrogens (tertiary/aromatic N) is 2. The highest BCUT2D eigenvalue weighted by molar-refractivity contribution is 9.12. The number of hydrogen-bond donors (Lipinski definition) is 1. The third kappa shape index (κ3) is 7.30. The summed E-state index contributed by atoms with van der Waals surface area (Å²) in [6.07, 6.45) is 1.50. The molecule has 1 aromatic carbocycles. The lowest BCUT2D eigenvalue weighted by Crippen LogP contribution is -2.57. The average Bonchev–Trinajstić information content (AvgIpc) is 3.39. The first-order chi connectivity index (χ1) is 21.4. The maximum atomic E-state index is 14.4. The predicted molar refractivity (Wildman–Crippen MR) is 203 cm³/mol. The minimum atomic E-state index is -2.60. The summed E-state index contributed by atoms with van der Waals surface area (Å²) in [5, 5.41) is 0.478. The zero-order valence-electron chi connectivity index (χ0n) is 30.2. The van der Waals surface area contributed by atoms with Gasteiger partial charge in [0.1, 0.15) is 5.75 Å². The molecule has 0 unspecified atom stereocenters. The molecule has 8 nitrogen and oxygen atoms in total. The van der Waals surface area contributed by atoms with E-state index in [1.807, 2.05) is 18.2 Å². The van der Waals surface area contributed by atoms with Crippen molar-refractivity contribution in [1.82, 2.24) is 14.5 Å². The van der Waals surface area contributed by atoms with Crippen LogP contribution in [0.15, 0.2) is 41.0 Å². The number of H-pyrrole nitrogens is 1. The third-order valence-electron chi connectivity index (χ3n) is 9.96. The van der Waals surface area contributed by atoms with E-state index in [1.54, 1.807) is 12.1 Å². The molecule has 12 heteroatoms. The van der Waals surface area contributed by atoms with Gasteiger partial charge in [0.25, 0.3) is 11.8 Å². The Morgan fingerprint density at radius 1 is 0.915 bits per heavy atom. The van der Waals surface area contributed by atoms with Crippen molar-refractivity contribution in [2.45, 2.75) is 103 Å². The van der Waals surface area contributed by atoms with Gasteiger partial charge in [-0.2, -0.15) is 0 Å². The smallest absolute Gasteiger partial charge is 0.339 e. The van der Waals surface area contributed by atoms with Crippen molar-refractivity contribution in [2.75, 3.05) is 6.61 Å². The Balaban J connectivity index is 1.87. The first-order valence-electron chi connectivity index (χ1n) is 16.1. The second-order valence-corrected chi connectivity index (χ2v) is 33.0. The molecule has 0 saturated heterocycles. The van der Waals surface area contributed by atoms with Gasteiger partial charge >= 0.3 is 5.97 Å². The van der Waals surface area contributed by atoms with Crippen molar-refractivity contribution < 1.29 is 23.5 Å². The van der Waals surface area contributed by atoms with Crippen molar-refractivity contribution in [3.8, 4) is 17.1 Å². The van der Waals surface area contributed by atoms with Gasteiger partial charge in [0, 0.05) is 30.7 Å². The van der Waals surface area contributed by atoms with Crippen LogP contribution in [-0.4, -0.2) is 63.6 Å². The molecule has 4 rings (SSSR count). The van der Waals surface area contributed by atoms with Crippen molar-refractivity contribution in [3.63, 3.8) is 0 Å². The number of carbonyl (C=O) groups excluding carboxylic acids is 3. The monoisotopic (exact) mass is 755 g/mol. The number of pyridine rings is 1. The highest BCUT2D eigenvalue weighted by Crippen LogP contribution is 2.48. The Morgan fingerprint density at radius 2 is 1.55 bits per heavy atom. The zero-order chi connectivity index (χ0) is 35.5. The van der Waals surface area contributed by atoms with E-state index in [2.05, 4.69) is 113 Å². The maximum absolute atomic E-state index is 14.4. The Morgan fingerprint density at radius 3 is 2.09 bits per heavy atom. The fourth-order valence-electron chi connectivity index (χ4n) is 4.89. The van der Waals surface area contributed by atoms with Crippen LogP contribution >= 0.6 is 15.9 Å². The summed E-state index contributed by atoms with van der Waals surface area (Å²) >= 11 is 3.56. The summed E-state index contributed by atoms with van der Waals surface area (Å²) in [5.74, 6) is -0.363. The lowest BCUT2D eigenvalue weighted by atomic mass is 10.00. The fourth-order valence-corrected chi connectivity index (χ4v) is 9.25. The summed E-state index contributed by atoms with van der Waals surface area (Å²) in [6, 6.07) is 10.1. The van der Waals surface area contributed by atoms with Gasteiger partial charge < -0.3 is 18.7 Å². The van der Waals surface area contributed by atoms with E-state index in [0.717, 1.165) is 16.9 Å². The molecule has 0 spiro atoms. The van der Waals surface area contributed by atoms with Gasteiger partial charge in [-0.15, -0.1) is 0 Å². The number of amides is 2. The standard InChI is InChI=1S/C35H50BrN3O5Si3/c1-34(2,3)46(10,11)39-31(40)28(29(36)32(39)41)27-24-20-23(44-47(12,13)35(4,5)6)15-17-25(24)38-30(27)26-16-14-22(21-37-26)33(42)43-18-19-45(7,8)9/h14-17,20-21,38H,18-19H2,1-13H3. The van der Waals surface area contributed by atoms with Crippen LogP contribution < -0.4 is 4.43 Å². The van der Waals surface area contributed by atoms with E-state index >= 15 is 0 Å². The van der Waals surface area contributed by atoms with Crippen LogP contribution in [0, 0.1) is 0 Å². The summed E-state index contributed by atoms with van der Waals surface area (Å²) in [6.45, 7) is 28.4. The van der Waals surface area contributed by atoms with E-state index in [-0.39, 0.29) is 26.4 Å². The number of rotatable bonds is 9. The molecule has 0 saturated carbocycles. The molecule has 1 N–H and O–H groups in total.